The zero-order valence-corrected chi connectivity index (χ0v) is 10.5. The molecule has 0 N–H and O–H groups in total. The standard InChI is InChI=1S/C15H19N/c1-11(2)16-13(4)8-9-15(16)14-7-5-6-12(3)10-14/h5-11H,1-4H3. The molecule has 0 aliphatic rings. The molecule has 0 aliphatic heterocycles. The number of nitrogens with zero attached hydrogens (tertiary/aromatic N) is 1. The van der Waals surface area contributed by atoms with Crippen LogP contribution in [0.15, 0.2) is 36.4 Å². The summed E-state index contributed by atoms with van der Waals surface area (Å²) in [5, 5.41) is 0. The summed E-state index contributed by atoms with van der Waals surface area (Å²) in [4.78, 5) is 0. The van der Waals surface area contributed by atoms with Crippen molar-refractivity contribution in [2.75, 3.05) is 0 Å². The van der Waals surface area contributed by atoms with Gasteiger partial charge in [0.05, 0.1) is 0 Å². The van der Waals surface area contributed by atoms with Crippen molar-refractivity contribution in [3.63, 3.8) is 0 Å². The summed E-state index contributed by atoms with van der Waals surface area (Å²) in [6.07, 6.45) is 0. The summed E-state index contributed by atoms with van der Waals surface area (Å²) in [6, 6.07) is 13.6. The molecule has 0 bridgehead atoms. The summed E-state index contributed by atoms with van der Waals surface area (Å²) in [6.45, 7) is 8.76. The lowest BCUT2D eigenvalue weighted by Gasteiger charge is -2.16. The highest BCUT2D eigenvalue weighted by atomic mass is 15.0. The molecular formula is C15H19N. The fourth-order valence-corrected chi connectivity index (χ4v) is 2.28. The molecule has 16 heavy (non-hydrogen) atoms. The van der Waals surface area contributed by atoms with Crippen molar-refractivity contribution in [2.45, 2.75) is 33.7 Å². The second-order valence-electron chi connectivity index (χ2n) is 4.69. The molecule has 2 rings (SSSR count). The maximum Gasteiger partial charge on any atom is 0.0484 e. The first kappa shape index (κ1) is 11.0. The van der Waals surface area contributed by atoms with E-state index in [9.17, 15) is 0 Å². The van der Waals surface area contributed by atoms with E-state index in [-0.39, 0.29) is 0 Å². The van der Waals surface area contributed by atoms with Crippen LogP contribution >= 0.6 is 0 Å². The molecule has 2 aromatic rings. The highest BCUT2D eigenvalue weighted by molar-refractivity contribution is 5.62. The van der Waals surface area contributed by atoms with Crippen molar-refractivity contribution < 1.29 is 0 Å². The van der Waals surface area contributed by atoms with Crippen molar-refractivity contribution in [1.82, 2.24) is 4.57 Å². The number of hydrogen-bond donors (Lipinski definition) is 0. The Bertz CT molecular complexity index is 492. The zero-order chi connectivity index (χ0) is 11.7. The Labute approximate surface area is 97.7 Å². The Morgan fingerprint density at radius 3 is 2.38 bits per heavy atom. The zero-order valence-electron chi connectivity index (χ0n) is 10.5. The predicted octanol–water partition coefficient (Wildman–Crippen LogP) is 4.35. The molecule has 1 aromatic carbocycles. The highest BCUT2D eigenvalue weighted by Gasteiger charge is 2.09. The van der Waals surface area contributed by atoms with Crippen LogP contribution in [0.2, 0.25) is 0 Å². The molecule has 0 fully saturated rings. The van der Waals surface area contributed by atoms with Crippen molar-refractivity contribution in [1.29, 1.82) is 0 Å². The molecule has 0 radical (unpaired) electrons. The molecule has 0 atom stereocenters. The van der Waals surface area contributed by atoms with Crippen LogP contribution in [0.3, 0.4) is 0 Å². The van der Waals surface area contributed by atoms with Gasteiger partial charge in [-0.05, 0) is 51.5 Å². The van der Waals surface area contributed by atoms with Gasteiger partial charge in [0.15, 0.2) is 0 Å². The molecule has 0 aliphatic carbocycles. The van der Waals surface area contributed by atoms with Crippen LogP contribution in [0.4, 0.5) is 0 Å². The first-order chi connectivity index (χ1) is 7.59. The molecule has 0 spiro atoms. The maximum atomic E-state index is 2.38. The van der Waals surface area contributed by atoms with Crippen LogP contribution in [0.5, 0.6) is 0 Å². The molecule has 1 nitrogen and oxygen atoms in total. The fourth-order valence-electron chi connectivity index (χ4n) is 2.28. The van der Waals surface area contributed by atoms with E-state index in [0.717, 1.165) is 0 Å². The molecule has 84 valence electrons. The highest BCUT2D eigenvalue weighted by Crippen LogP contribution is 2.26. The van der Waals surface area contributed by atoms with E-state index in [4.69, 9.17) is 0 Å². The van der Waals surface area contributed by atoms with Gasteiger partial charge in [0.1, 0.15) is 0 Å². The molecule has 1 aromatic heterocycles. The van der Waals surface area contributed by atoms with Gasteiger partial charge in [-0.3, -0.25) is 0 Å². The van der Waals surface area contributed by atoms with Crippen LogP contribution in [0, 0.1) is 13.8 Å². The summed E-state index contributed by atoms with van der Waals surface area (Å²) < 4.78 is 2.38. The molecule has 1 heterocycles. The van der Waals surface area contributed by atoms with Crippen molar-refractivity contribution in [3.8, 4) is 11.3 Å². The lowest BCUT2D eigenvalue weighted by atomic mass is 10.1. The van der Waals surface area contributed by atoms with E-state index >= 15 is 0 Å². The Morgan fingerprint density at radius 1 is 1.00 bits per heavy atom. The second-order valence-corrected chi connectivity index (χ2v) is 4.69. The van der Waals surface area contributed by atoms with Gasteiger partial charge < -0.3 is 4.57 Å². The summed E-state index contributed by atoms with van der Waals surface area (Å²) in [5.74, 6) is 0. The smallest absolute Gasteiger partial charge is 0.0484 e. The average molecular weight is 213 g/mol. The van der Waals surface area contributed by atoms with Gasteiger partial charge in [0.25, 0.3) is 0 Å². The average Bonchev–Trinajstić information content (AvgIpc) is 2.60. The topological polar surface area (TPSA) is 4.93 Å². The van der Waals surface area contributed by atoms with E-state index < -0.39 is 0 Å². The van der Waals surface area contributed by atoms with Crippen LogP contribution in [0.25, 0.3) is 11.3 Å². The minimum absolute atomic E-state index is 0.505. The summed E-state index contributed by atoms with van der Waals surface area (Å²) in [5.41, 5.74) is 5.26. The van der Waals surface area contributed by atoms with E-state index in [1.54, 1.807) is 0 Å². The predicted molar refractivity (Wildman–Crippen MR) is 69.7 cm³/mol. The lowest BCUT2D eigenvalue weighted by Crippen LogP contribution is -2.04. The van der Waals surface area contributed by atoms with Gasteiger partial charge in [-0.15, -0.1) is 0 Å². The lowest BCUT2D eigenvalue weighted by molar-refractivity contribution is 0.595. The largest absolute Gasteiger partial charge is 0.342 e. The second kappa shape index (κ2) is 4.17. The van der Waals surface area contributed by atoms with Crippen LogP contribution in [-0.4, -0.2) is 4.57 Å². The monoisotopic (exact) mass is 213 g/mol. The number of aromatic nitrogens is 1. The minimum Gasteiger partial charge on any atom is -0.342 e. The Balaban J connectivity index is 2.56. The van der Waals surface area contributed by atoms with Gasteiger partial charge >= 0.3 is 0 Å². The van der Waals surface area contributed by atoms with E-state index in [1.165, 1.54) is 22.5 Å². The quantitative estimate of drug-likeness (QED) is 0.698. The Morgan fingerprint density at radius 2 is 1.75 bits per heavy atom. The third kappa shape index (κ3) is 1.90. The van der Waals surface area contributed by atoms with Crippen LogP contribution in [0.1, 0.15) is 31.1 Å². The normalized spacial score (nSPS) is 11.1. The number of benzene rings is 1. The fraction of sp³-hybridized carbons (Fsp3) is 0.333. The molecule has 1 heteroatoms. The third-order valence-corrected chi connectivity index (χ3v) is 2.95. The SMILES string of the molecule is Cc1cccc(-c2ccc(C)n2C(C)C)c1. The van der Waals surface area contributed by atoms with Crippen molar-refractivity contribution in [3.05, 3.63) is 47.7 Å². The Kier molecular flexibility index (Phi) is 2.86. The van der Waals surface area contributed by atoms with Crippen LogP contribution < -0.4 is 0 Å². The number of rotatable bonds is 2. The van der Waals surface area contributed by atoms with E-state index in [1.807, 2.05) is 0 Å². The summed E-state index contributed by atoms with van der Waals surface area (Å²) in [7, 11) is 0. The minimum atomic E-state index is 0.505. The molecule has 0 amide bonds. The van der Waals surface area contributed by atoms with E-state index in [2.05, 4.69) is 68.7 Å². The van der Waals surface area contributed by atoms with Crippen molar-refractivity contribution >= 4 is 0 Å². The van der Waals surface area contributed by atoms with Gasteiger partial charge in [-0.1, -0.05) is 23.8 Å². The first-order valence-corrected chi connectivity index (χ1v) is 5.84. The van der Waals surface area contributed by atoms with Crippen LogP contribution in [-0.2, 0) is 0 Å². The molecular weight excluding hydrogens is 194 g/mol. The molecule has 0 unspecified atom stereocenters. The molecule has 0 saturated heterocycles. The number of aryl methyl sites for hydroxylation is 2. The van der Waals surface area contributed by atoms with Gasteiger partial charge in [0.2, 0.25) is 0 Å². The Hall–Kier alpha value is -1.50. The first-order valence-electron chi connectivity index (χ1n) is 5.84. The number of hydrogen-bond acceptors (Lipinski definition) is 0. The summed E-state index contributed by atoms with van der Waals surface area (Å²) >= 11 is 0. The van der Waals surface area contributed by atoms with Gasteiger partial charge in [0, 0.05) is 17.4 Å². The maximum absolute atomic E-state index is 2.38. The van der Waals surface area contributed by atoms with Gasteiger partial charge in [-0.25, -0.2) is 0 Å². The van der Waals surface area contributed by atoms with Gasteiger partial charge in [-0.2, -0.15) is 0 Å². The van der Waals surface area contributed by atoms with E-state index in [0.29, 0.717) is 6.04 Å². The third-order valence-electron chi connectivity index (χ3n) is 2.95. The molecule has 0 saturated carbocycles. The van der Waals surface area contributed by atoms with Crippen molar-refractivity contribution in [2.24, 2.45) is 0 Å².